The van der Waals surface area contributed by atoms with Gasteiger partial charge in [0.15, 0.2) is 0 Å². The molecule has 1 N–H and O–H groups in total. The SMILES string of the molecule is O=c1oc2cc(-c3n[nH]c(-c4ccccc4)c3-c3ccccc3)ccc2cc1-c1ccccc1. The Kier molecular flexibility index (Phi) is 4.89. The molecule has 4 aromatic carbocycles. The smallest absolute Gasteiger partial charge is 0.344 e. The van der Waals surface area contributed by atoms with Gasteiger partial charge in [-0.2, -0.15) is 5.10 Å². The monoisotopic (exact) mass is 440 g/mol. The number of fused-ring (bicyclic) bond motifs is 1. The van der Waals surface area contributed by atoms with Gasteiger partial charge in [0.25, 0.3) is 0 Å². The highest BCUT2D eigenvalue weighted by atomic mass is 16.4. The normalized spacial score (nSPS) is 11.1. The van der Waals surface area contributed by atoms with E-state index >= 15 is 0 Å². The second-order valence-corrected chi connectivity index (χ2v) is 8.12. The third kappa shape index (κ3) is 3.51. The lowest BCUT2D eigenvalue weighted by atomic mass is 9.95. The van der Waals surface area contributed by atoms with E-state index < -0.39 is 0 Å². The number of nitrogens with one attached hydrogen (secondary N) is 1. The van der Waals surface area contributed by atoms with Crippen LogP contribution in [0.15, 0.2) is 124 Å². The highest BCUT2D eigenvalue weighted by Gasteiger charge is 2.19. The van der Waals surface area contributed by atoms with Gasteiger partial charge < -0.3 is 4.42 Å². The maximum Gasteiger partial charge on any atom is 0.344 e. The molecule has 0 aliphatic heterocycles. The number of benzene rings is 4. The maximum atomic E-state index is 12.8. The van der Waals surface area contributed by atoms with Crippen LogP contribution in [0.2, 0.25) is 0 Å². The van der Waals surface area contributed by atoms with Gasteiger partial charge in [0, 0.05) is 22.1 Å². The Morgan fingerprint density at radius 2 is 1.24 bits per heavy atom. The summed E-state index contributed by atoms with van der Waals surface area (Å²) in [5.74, 6) is 0. The number of hydrogen-bond donors (Lipinski definition) is 1. The summed E-state index contributed by atoms with van der Waals surface area (Å²) in [4.78, 5) is 12.8. The molecule has 2 heterocycles. The van der Waals surface area contributed by atoms with Crippen LogP contribution in [0.1, 0.15) is 0 Å². The molecule has 34 heavy (non-hydrogen) atoms. The van der Waals surface area contributed by atoms with Crippen molar-refractivity contribution in [2.75, 3.05) is 0 Å². The van der Waals surface area contributed by atoms with Gasteiger partial charge in [-0.1, -0.05) is 103 Å². The molecule has 4 nitrogen and oxygen atoms in total. The average Bonchev–Trinajstić information content (AvgIpc) is 3.35. The summed E-state index contributed by atoms with van der Waals surface area (Å²) >= 11 is 0. The highest BCUT2D eigenvalue weighted by molar-refractivity contribution is 5.94. The van der Waals surface area contributed by atoms with Crippen molar-refractivity contribution in [1.82, 2.24) is 10.2 Å². The minimum absolute atomic E-state index is 0.355. The first-order valence-electron chi connectivity index (χ1n) is 11.1. The van der Waals surface area contributed by atoms with Gasteiger partial charge in [0.05, 0.1) is 11.3 Å². The standard InChI is InChI=1S/C30H20N2O2/c33-30-25(20-10-4-1-5-11-20)18-23-16-17-24(19-26(23)34-30)29-27(21-12-6-2-7-13-21)28(31-32-29)22-14-8-3-9-15-22/h1-19H,(H,31,32). The third-order valence-electron chi connectivity index (χ3n) is 5.99. The van der Waals surface area contributed by atoms with E-state index in [-0.39, 0.29) is 5.63 Å². The molecule has 6 rings (SSSR count). The minimum Gasteiger partial charge on any atom is -0.422 e. The molecule has 2 aromatic heterocycles. The van der Waals surface area contributed by atoms with E-state index in [1.165, 1.54) is 0 Å². The number of nitrogens with zero attached hydrogens (tertiary/aromatic N) is 1. The van der Waals surface area contributed by atoms with Gasteiger partial charge in [-0.05, 0) is 23.3 Å². The summed E-state index contributed by atoms with van der Waals surface area (Å²) in [5, 5.41) is 8.79. The average molecular weight is 441 g/mol. The first kappa shape index (κ1) is 19.9. The van der Waals surface area contributed by atoms with E-state index in [0.717, 1.165) is 44.6 Å². The molecule has 0 saturated carbocycles. The summed E-state index contributed by atoms with van der Waals surface area (Å²) in [6.45, 7) is 0. The Hall–Kier alpha value is -4.70. The molecule has 0 aliphatic rings. The fourth-order valence-electron chi connectivity index (χ4n) is 4.33. The van der Waals surface area contributed by atoms with E-state index in [4.69, 9.17) is 4.42 Å². The van der Waals surface area contributed by atoms with Crippen molar-refractivity contribution in [2.24, 2.45) is 0 Å². The summed E-state index contributed by atoms with van der Waals surface area (Å²) in [7, 11) is 0. The van der Waals surface area contributed by atoms with Crippen molar-refractivity contribution in [3.05, 3.63) is 126 Å². The lowest BCUT2D eigenvalue weighted by molar-refractivity contribution is 0.563. The number of rotatable bonds is 4. The number of aromatic nitrogens is 2. The highest BCUT2D eigenvalue weighted by Crippen LogP contribution is 2.39. The van der Waals surface area contributed by atoms with Crippen LogP contribution in [0.3, 0.4) is 0 Å². The summed E-state index contributed by atoms with van der Waals surface area (Å²) < 4.78 is 5.75. The number of hydrogen-bond acceptors (Lipinski definition) is 3. The largest absolute Gasteiger partial charge is 0.422 e. The molecular weight excluding hydrogens is 420 g/mol. The van der Waals surface area contributed by atoms with Crippen molar-refractivity contribution < 1.29 is 4.42 Å². The predicted octanol–water partition coefficient (Wildman–Crippen LogP) is 7.18. The van der Waals surface area contributed by atoms with E-state index in [1.54, 1.807) is 0 Å². The molecule has 162 valence electrons. The van der Waals surface area contributed by atoms with Crippen LogP contribution < -0.4 is 5.63 Å². The van der Waals surface area contributed by atoms with Gasteiger partial charge in [-0.25, -0.2) is 4.79 Å². The zero-order valence-corrected chi connectivity index (χ0v) is 18.2. The van der Waals surface area contributed by atoms with Crippen molar-refractivity contribution in [3.8, 4) is 44.8 Å². The molecule has 0 unspecified atom stereocenters. The van der Waals surface area contributed by atoms with E-state index in [9.17, 15) is 4.79 Å². The Morgan fingerprint density at radius 1 is 0.618 bits per heavy atom. The first-order valence-corrected chi connectivity index (χ1v) is 11.1. The van der Waals surface area contributed by atoms with E-state index in [0.29, 0.717) is 11.1 Å². The molecular formula is C30H20N2O2. The van der Waals surface area contributed by atoms with Crippen LogP contribution in [-0.2, 0) is 0 Å². The van der Waals surface area contributed by atoms with Crippen molar-refractivity contribution in [2.45, 2.75) is 0 Å². The van der Waals surface area contributed by atoms with Gasteiger partial charge in [-0.3, -0.25) is 5.10 Å². The second kappa shape index (κ2) is 8.34. The molecule has 0 atom stereocenters. The van der Waals surface area contributed by atoms with Gasteiger partial charge in [0.2, 0.25) is 0 Å². The van der Waals surface area contributed by atoms with Gasteiger partial charge >= 0.3 is 5.63 Å². The number of H-pyrrole nitrogens is 1. The lowest BCUT2D eigenvalue weighted by Gasteiger charge is -2.08. The van der Waals surface area contributed by atoms with Crippen molar-refractivity contribution >= 4 is 11.0 Å². The van der Waals surface area contributed by atoms with Crippen LogP contribution in [0.25, 0.3) is 55.7 Å². The fourth-order valence-corrected chi connectivity index (χ4v) is 4.33. The van der Waals surface area contributed by atoms with Crippen LogP contribution in [0.5, 0.6) is 0 Å². The fraction of sp³-hybridized carbons (Fsp3) is 0. The topological polar surface area (TPSA) is 58.9 Å². The Bertz CT molecular complexity index is 1650. The van der Waals surface area contributed by atoms with Crippen molar-refractivity contribution in [1.29, 1.82) is 0 Å². The van der Waals surface area contributed by atoms with Crippen LogP contribution >= 0.6 is 0 Å². The Labute approximate surface area is 196 Å². The summed E-state index contributed by atoms with van der Waals surface area (Å²) in [6.07, 6.45) is 0. The van der Waals surface area contributed by atoms with Crippen LogP contribution in [0.4, 0.5) is 0 Å². The van der Waals surface area contributed by atoms with Gasteiger partial charge in [-0.15, -0.1) is 0 Å². The first-order chi connectivity index (χ1) is 16.8. The van der Waals surface area contributed by atoms with Crippen LogP contribution in [-0.4, -0.2) is 10.2 Å². The molecule has 4 heteroatoms. The lowest BCUT2D eigenvalue weighted by Crippen LogP contribution is -2.02. The molecule has 6 aromatic rings. The zero-order chi connectivity index (χ0) is 22.9. The molecule has 0 bridgehead atoms. The molecule has 0 spiro atoms. The number of aromatic amines is 1. The Morgan fingerprint density at radius 3 is 1.91 bits per heavy atom. The quantitative estimate of drug-likeness (QED) is 0.295. The summed E-state index contributed by atoms with van der Waals surface area (Å²) in [6, 6.07) is 37.7. The Balaban J connectivity index is 1.52. The van der Waals surface area contributed by atoms with Crippen LogP contribution in [0, 0.1) is 0 Å². The molecule has 0 aliphatic carbocycles. The van der Waals surface area contributed by atoms with Gasteiger partial charge in [0.1, 0.15) is 11.3 Å². The maximum absolute atomic E-state index is 12.8. The zero-order valence-electron chi connectivity index (χ0n) is 18.2. The van der Waals surface area contributed by atoms with E-state index in [1.807, 2.05) is 91.0 Å². The van der Waals surface area contributed by atoms with E-state index in [2.05, 4.69) is 34.5 Å². The molecule has 0 amide bonds. The second-order valence-electron chi connectivity index (χ2n) is 8.12. The third-order valence-corrected chi connectivity index (χ3v) is 5.99. The predicted molar refractivity (Wildman–Crippen MR) is 136 cm³/mol. The minimum atomic E-state index is -0.355. The van der Waals surface area contributed by atoms with Crippen molar-refractivity contribution in [3.63, 3.8) is 0 Å². The molecule has 0 radical (unpaired) electrons. The molecule has 0 saturated heterocycles. The molecule has 0 fully saturated rings. The summed E-state index contributed by atoms with van der Waals surface area (Å²) in [5.41, 5.74) is 7.33.